The Bertz CT molecular complexity index is 718. The first-order valence-electron chi connectivity index (χ1n) is 8.93. The maximum absolute atomic E-state index is 6.41. The number of ether oxygens (including phenoxy) is 2. The summed E-state index contributed by atoms with van der Waals surface area (Å²) in [6.07, 6.45) is 2.87. The molecule has 2 aliphatic heterocycles. The van der Waals surface area contributed by atoms with Crippen molar-refractivity contribution >= 4 is 17.4 Å². The zero-order valence-electron chi connectivity index (χ0n) is 14.3. The predicted octanol–water partition coefficient (Wildman–Crippen LogP) is 1.22. The van der Waals surface area contributed by atoms with Crippen molar-refractivity contribution in [1.29, 1.82) is 0 Å². The number of pyridine rings is 1. The highest BCUT2D eigenvalue weighted by atomic mass is 35.5. The van der Waals surface area contributed by atoms with E-state index < -0.39 is 0 Å². The molecule has 3 heterocycles. The van der Waals surface area contributed by atoms with Gasteiger partial charge in [0.15, 0.2) is 11.5 Å². The number of aromatic amines is 1. The Hall–Kier alpha value is -1.98. The number of fused-ring (bicyclic) bond motifs is 1. The van der Waals surface area contributed by atoms with Crippen molar-refractivity contribution < 1.29 is 19.4 Å². The molecule has 2 aromatic rings. The minimum atomic E-state index is 0.659. The van der Waals surface area contributed by atoms with Gasteiger partial charge in [-0.3, -0.25) is 4.90 Å². The lowest BCUT2D eigenvalue weighted by Crippen LogP contribution is -3.13. The zero-order valence-corrected chi connectivity index (χ0v) is 15.0. The Morgan fingerprint density at radius 3 is 2.76 bits per heavy atom. The number of nitrogens with zero attached hydrogens (tertiary/aromatic N) is 1. The molecule has 1 fully saturated rings. The molecule has 4 rings (SSSR count). The summed E-state index contributed by atoms with van der Waals surface area (Å²) in [4.78, 5) is 7.29. The zero-order chi connectivity index (χ0) is 17.1. The quantitative estimate of drug-likeness (QED) is 0.893. The molecule has 0 unspecified atom stereocenters. The minimum absolute atomic E-state index is 0.659. The smallest absolute Gasteiger partial charge is 0.274 e. The van der Waals surface area contributed by atoms with Crippen molar-refractivity contribution in [3.05, 3.63) is 47.1 Å². The van der Waals surface area contributed by atoms with Crippen molar-refractivity contribution in [3.63, 3.8) is 0 Å². The summed E-state index contributed by atoms with van der Waals surface area (Å²) in [7, 11) is 0. The first-order valence-corrected chi connectivity index (χ1v) is 9.30. The van der Waals surface area contributed by atoms with Gasteiger partial charge in [-0.25, -0.2) is 4.98 Å². The molecule has 25 heavy (non-hydrogen) atoms. The molecule has 1 saturated heterocycles. The van der Waals surface area contributed by atoms with Gasteiger partial charge in [-0.05, 0) is 18.2 Å². The van der Waals surface area contributed by atoms with Crippen molar-refractivity contribution in [3.8, 4) is 11.5 Å². The molecule has 2 aliphatic rings. The molecule has 0 aliphatic carbocycles. The van der Waals surface area contributed by atoms with Gasteiger partial charge in [0.25, 0.3) is 5.82 Å². The number of aromatic nitrogens is 1. The molecular weight excluding hydrogens is 338 g/mol. The third-order valence-electron chi connectivity index (χ3n) is 4.82. The molecule has 132 valence electrons. The van der Waals surface area contributed by atoms with E-state index in [9.17, 15) is 0 Å². The number of hydrogen-bond donors (Lipinski definition) is 1. The second-order valence-corrected chi connectivity index (χ2v) is 7.02. The molecule has 2 N–H and O–H groups in total. The monoisotopic (exact) mass is 361 g/mol. The number of nitrogens with one attached hydrogen (secondary N) is 2. The maximum atomic E-state index is 6.41. The first-order chi connectivity index (χ1) is 12.3. The lowest BCUT2D eigenvalue weighted by atomic mass is 10.1. The van der Waals surface area contributed by atoms with Crippen LogP contribution in [0.25, 0.3) is 0 Å². The molecule has 1 aromatic carbocycles. The second-order valence-electron chi connectivity index (χ2n) is 6.62. The van der Waals surface area contributed by atoms with Crippen LogP contribution in [0.3, 0.4) is 0 Å². The van der Waals surface area contributed by atoms with Gasteiger partial charge >= 0.3 is 0 Å². The molecular formula is C19H24ClN3O2+2. The highest BCUT2D eigenvalue weighted by molar-refractivity contribution is 6.32. The van der Waals surface area contributed by atoms with Gasteiger partial charge in [0.05, 0.1) is 24.4 Å². The summed E-state index contributed by atoms with van der Waals surface area (Å²) in [6, 6.07) is 10.3. The van der Waals surface area contributed by atoms with Crippen LogP contribution in [0.2, 0.25) is 5.02 Å². The molecule has 0 amide bonds. The Morgan fingerprint density at radius 1 is 1.12 bits per heavy atom. The van der Waals surface area contributed by atoms with Gasteiger partial charge in [-0.2, -0.15) is 0 Å². The van der Waals surface area contributed by atoms with Crippen molar-refractivity contribution in [2.24, 2.45) is 0 Å². The van der Waals surface area contributed by atoms with E-state index in [1.165, 1.54) is 11.4 Å². The fourth-order valence-corrected chi connectivity index (χ4v) is 3.78. The molecule has 6 heteroatoms. The van der Waals surface area contributed by atoms with E-state index in [2.05, 4.69) is 28.1 Å². The summed E-state index contributed by atoms with van der Waals surface area (Å²) < 4.78 is 11.5. The van der Waals surface area contributed by atoms with E-state index in [-0.39, 0.29) is 0 Å². The number of anilines is 1. The minimum Gasteiger partial charge on any atom is -0.489 e. The fraction of sp³-hybridized carbons (Fsp3) is 0.421. The number of halogens is 1. The van der Waals surface area contributed by atoms with Crippen LogP contribution >= 0.6 is 11.6 Å². The van der Waals surface area contributed by atoms with Crippen LogP contribution in [0.5, 0.6) is 11.5 Å². The maximum Gasteiger partial charge on any atom is 0.274 e. The third kappa shape index (κ3) is 3.83. The van der Waals surface area contributed by atoms with Crippen LogP contribution in [0.1, 0.15) is 12.0 Å². The van der Waals surface area contributed by atoms with E-state index >= 15 is 0 Å². The topological polar surface area (TPSA) is 40.3 Å². The van der Waals surface area contributed by atoms with Crippen LogP contribution in [0.4, 0.5) is 5.82 Å². The Balaban J connectivity index is 1.40. The SMILES string of the molecule is Clc1cc(C[NH+]2CCN(c3cccc[nH+]3)CC2)cc2c1OCCCO2. The fourth-order valence-electron chi connectivity index (χ4n) is 3.50. The lowest BCUT2D eigenvalue weighted by Gasteiger charge is -2.28. The number of H-pyrrole nitrogens is 1. The van der Waals surface area contributed by atoms with E-state index in [0.29, 0.717) is 24.0 Å². The molecule has 1 aromatic heterocycles. The third-order valence-corrected chi connectivity index (χ3v) is 5.10. The van der Waals surface area contributed by atoms with E-state index in [0.717, 1.165) is 44.9 Å². The number of piperazine rings is 1. The van der Waals surface area contributed by atoms with E-state index in [1.54, 1.807) is 4.90 Å². The summed E-state index contributed by atoms with van der Waals surface area (Å²) in [5.41, 5.74) is 1.21. The second kappa shape index (κ2) is 7.50. The van der Waals surface area contributed by atoms with Crippen LogP contribution < -0.4 is 24.3 Å². The standard InChI is InChI=1S/C19H22ClN3O2/c20-16-12-15(13-17-19(16)25-11-3-10-24-17)14-22-6-8-23(9-7-22)18-4-1-2-5-21-18/h1-2,4-5,12-13H,3,6-11,14H2/p+2. The van der Waals surface area contributed by atoms with Crippen LogP contribution in [0, 0.1) is 0 Å². The highest BCUT2D eigenvalue weighted by Crippen LogP contribution is 2.37. The number of rotatable bonds is 3. The Morgan fingerprint density at radius 2 is 1.96 bits per heavy atom. The van der Waals surface area contributed by atoms with E-state index in [4.69, 9.17) is 21.1 Å². The molecule has 0 radical (unpaired) electrons. The van der Waals surface area contributed by atoms with Gasteiger partial charge in [0.1, 0.15) is 32.7 Å². The molecule has 0 saturated carbocycles. The average Bonchev–Trinajstić information content (AvgIpc) is 2.89. The highest BCUT2D eigenvalue weighted by Gasteiger charge is 2.26. The van der Waals surface area contributed by atoms with Gasteiger partial charge in [-0.15, -0.1) is 0 Å². The largest absolute Gasteiger partial charge is 0.489 e. The van der Waals surface area contributed by atoms with Crippen LogP contribution in [-0.4, -0.2) is 39.4 Å². The van der Waals surface area contributed by atoms with Crippen LogP contribution in [0.15, 0.2) is 36.5 Å². The molecule has 0 atom stereocenters. The average molecular weight is 362 g/mol. The summed E-state index contributed by atoms with van der Waals surface area (Å²) in [5, 5.41) is 0.659. The van der Waals surface area contributed by atoms with Crippen molar-refractivity contribution in [1.82, 2.24) is 0 Å². The lowest BCUT2D eigenvalue weighted by molar-refractivity contribution is -0.914. The molecule has 0 bridgehead atoms. The van der Waals surface area contributed by atoms with Gasteiger partial charge in [0, 0.05) is 18.1 Å². The number of benzene rings is 1. The Kier molecular flexibility index (Phi) is 4.95. The van der Waals surface area contributed by atoms with E-state index in [1.807, 2.05) is 18.3 Å². The predicted molar refractivity (Wildman–Crippen MR) is 96.7 cm³/mol. The normalized spacial score (nSPS) is 18.0. The molecule has 5 nitrogen and oxygen atoms in total. The van der Waals surface area contributed by atoms with Gasteiger partial charge in [0.2, 0.25) is 0 Å². The summed E-state index contributed by atoms with van der Waals surface area (Å²) in [5.74, 6) is 2.68. The summed E-state index contributed by atoms with van der Waals surface area (Å²) >= 11 is 6.41. The van der Waals surface area contributed by atoms with Crippen molar-refractivity contribution in [2.45, 2.75) is 13.0 Å². The van der Waals surface area contributed by atoms with Gasteiger partial charge < -0.3 is 14.4 Å². The van der Waals surface area contributed by atoms with Gasteiger partial charge in [-0.1, -0.05) is 17.7 Å². The Labute approximate surface area is 153 Å². The summed E-state index contributed by atoms with van der Waals surface area (Å²) in [6.45, 7) is 6.62. The van der Waals surface area contributed by atoms with Crippen molar-refractivity contribution in [2.75, 3.05) is 44.3 Å². The number of quaternary nitrogens is 1. The van der Waals surface area contributed by atoms with Crippen LogP contribution in [-0.2, 0) is 6.54 Å². The molecule has 0 spiro atoms. The number of hydrogen-bond acceptors (Lipinski definition) is 3. The first kappa shape index (κ1) is 16.5.